The van der Waals surface area contributed by atoms with Gasteiger partial charge in [-0.2, -0.15) is 0 Å². The minimum absolute atomic E-state index is 0. The summed E-state index contributed by atoms with van der Waals surface area (Å²) in [6.45, 7) is 0. The fraction of sp³-hybridized carbons (Fsp3) is 0.150. The Kier molecular flexibility index (Phi) is 5.96. The Balaban J connectivity index is 0.00000192. The van der Waals surface area contributed by atoms with E-state index in [9.17, 15) is 0 Å². The van der Waals surface area contributed by atoms with Crippen molar-refractivity contribution in [3.63, 3.8) is 0 Å². The van der Waals surface area contributed by atoms with E-state index in [0.29, 0.717) is 0 Å². The van der Waals surface area contributed by atoms with Gasteiger partial charge in [0.2, 0.25) is 0 Å². The third-order valence-electron chi connectivity index (χ3n) is 3.81. The average molecular weight is 539 g/mol. The van der Waals surface area contributed by atoms with Crippen LogP contribution in [0.3, 0.4) is 0 Å². The molecule has 3 heteroatoms. The molecule has 0 aliphatic rings. The van der Waals surface area contributed by atoms with Gasteiger partial charge in [-0.05, 0) is 0 Å². The maximum Gasteiger partial charge on any atom is 0 e. The van der Waals surface area contributed by atoms with Crippen LogP contribution in [0.1, 0.15) is 0 Å². The van der Waals surface area contributed by atoms with Gasteiger partial charge in [0.25, 0.3) is 0 Å². The number of aromatic nitrogens is 1. The van der Waals surface area contributed by atoms with Crippen molar-refractivity contribution in [2.75, 3.05) is 0 Å². The fourth-order valence-electron chi connectivity index (χ4n) is 2.42. The van der Waals surface area contributed by atoms with Crippen LogP contribution in [-0.2, 0) is 20.1 Å². The number of nitrogens with zero attached hydrogens (tertiary/aromatic N) is 1. The summed E-state index contributed by atoms with van der Waals surface area (Å²) in [5, 5.41) is 0. The number of hydrogen-bond donors (Lipinski definition) is 0. The summed E-state index contributed by atoms with van der Waals surface area (Å²) in [5.74, 6) is 7.16. The molecule has 1 aromatic heterocycles. The maximum atomic E-state index is 4.67. The summed E-state index contributed by atoms with van der Waals surface area (Å²) in [5.41, 5.74) is 4.47. The SMILES string of the molecule is [CH3][Ge]([CH3])([CH3])[c]1ccc(-c2[c-]ccc(-c3ccccc3)c2)nc1.[Ir]. The quantitative estimate of drug-likeness (QED) is 0.346. The Morgan fingerprint density at radius 1 is 0.870 bits per heavy atom. The molecule has 0 amide bonds. The number of benzene rings is 2. The van der Waals surface area contributed by atoms with E-state index in [-0.39, 0.29) is 20.1 Å². The minimum atomic E-state index is -1.79. The largest absolute Gasteiger partial charge is 0 e. The van der Waals surface area contributed by atoms with Crippen LogP contribution in [0, 0.1) is 6.07 Å². The van der Waals surface area contributed by atoms with Crippen molar-refractivity contribution in [2.24, 2.45) is 0 Å². The molecule has 0 aliphatic heterocycles. The third-order valence-corrected chi connectivity index (χ3v) is 8.07. The van der Waals surface area contributed by atoms with E-state index < -0.39 is 13.3 Å². The molecule has 0 spiro atoms. The molecule has 1 heterocycles. The van der Waals surface area contributed by atoms with Gasteiger partial charge in [0.1, 0.15) is 0 Å². The predicted molar refractivity (Wildman–Crippen MR) is 96.9 cm³/mol. The smallest absolute Gasteiger partial charge is 0 e. The number of hydrogen-bond acceptors (Lipinski definition) is 1. The second kappa shape index (κ2) is 7.57. The topological polar surface area (TPSA) is 12.9 Å². The van der Waals surface area contributed by atoms with Crippen molar-refractivity contribution >= 4 is 17.7 Å². The first-order valence-corrected chi connectivity index (χ1v) is 14.9. The monoisotopic (exact) mass is 541 g/mol. The molecule has 23 heavy (non-hydrogen) atoms. The van der Waals surface area contributed by atoms with Crippen LogP contribution >= 0.6 is 0 Å². The Labute approximate surface area is 154 Å². The summed E-state index contributed by atoms with van der Waals surface area (Å²) in [6, 6.07) is 24.3. The predicted octanol–water partition coefficient (Wildman–Crippen LogP) is 4.76. The van der Waals surface area contributed by atoms with Gasteiger partial charge < -0.3 is 0 Å². The van der Waals surface area contributed by atoms with Crippen molar-refractivity contribution in [1.29, 1.82) is 0 Å². The van der Waals surface area contributed by atoms with Gasteiger partial charge in [0.15, 0.2) is 0 Å². The zero-order chi connectivity index (χ0) is 15.6. The van der Waals surface area contributed by atoms with Gasteiger partial charge >= 0.3 is 135 Å². The van der Waals surface area contributed by atoms with Crippen LogP contribution in [0.4, 0.5) is 0 Å². The van der Waals surface area contributed by atoms with Gasteiger partial charge in [-0.15, -0.1) is 0 Å². The molecule has 2 aromatic carbocycles. The molecule has 0 atom stereocenters. The van der Waals surface area contributed by atoms with E-state index >= 15 is 0 Å². The zero-order valence-corrected chi connectivity index (χ0v) is 18.1. The molecular weight excluding hydrogens is 519 g/mol. The first kappa shape index (κ1) is 18.1. The molecule has 119 valence electrons. The van der Waals surface area contributed by atoms with Crippen molar-refractivity contribution in [3.05, 3.63) is 72.9 Å². The van der Waals surface area contributed by atoms with Crippen molar-refractivity contribution in [3.8, 4) is 22.4 Å². The van der Waals surface area contributed by atoms with E-state index in [4.69, 9.17) is 0 Å². The number of pyridine rings is 1. The van der Waals surface area contributed by atoms with Crippen LogP contribution in [-0.4, -0.2) is 18.3 Å². The Bertz CT molecular complexity index is 762. The van der Waals surface area contributed by atoms with Crippen molar-refractivity contribution < 1.29 is 20.1 Å². The first-order chi connectivity index (χ1) is 10.5. The van der Waals surface area contributed by atoms with E-state index in [1.54, 1.807) is 0 Å². The maximum absolute atomic E-state index is 4.67. The molecule has 1 nitrogen and oxygen atoms in total. The second-order valence-electron chi connectivity index (χ2n) is 6.54. The van der Waals surface area contributed by atoms with Crippen LogP contribution in [0.15, 0.2) is 66.9 Å². The zero-order valence-electron chi connectivity index (χ0n) is 13.6. The molecule has 0 fully saturated rings. The molecular formula is C20H20GeIrN-. The van der Waals surface area contributed by atoms with Gasteiger partial charge in [-0.25, -0.2) is 0 Å². The van der Waals surface area contributed by atoms with E-state index in [0.717, 1.165) is 11.3 Å². The number of rotatable bonds is 3. The average Bonchev–Trinajstić information content (AvgIpc) is 2.55. The van der Waals surface area contributed by atoms with Gasteiger partial charge in [-0.1, -0.05) is 0 Å². The van der Waals surface area contributed by atoms with Crippen molar-refractivity contribution in [1.82, 2.24) is 4.98 Å². The summed E-state index contributed by atoms with van der Waals surface area (Å²) in [7, 11) is 0. The van der Waals surface area contributed by atoms with Crippen LogP contribution in [0.5, 0.6) is 0 Å². The molecule has 0 unspecified atom stereocenters. The van der Waals surface area contributed by atoms with Gasteiger partial charge in [-0.3, -0.25) is 0 Å². The first-order valence-electron chi connectivity index (χ1n) is 7.58. The molecule has 1 radical (unpaired) electrons. The second-order valence-corrected chi connectivity index (χ2v) is 17.2. The van der Waals surface area contributed by atoms with Gasteiger partial charge in [0.05, 0.1) is 0 Å². The fourth-order valence-corrected chi connectivity index (χ4v) is 4.59. The van der Waals surface area contributed by atoms with Crippen molar-refractivity contribution in [2.45, 2.75) is 17.3 Å². The molecule has 0 saturated carbocycles. The molecule has 3 aromatic rings. The van der Waals surface area contributed by atoms with Crippen LogP contribution in [0.2, 0.25) is 17.3 Å². The summed E-state index contributed by atoms with van der Waals surface area (Å²) >= 11 is -1.79. The molecule has 0 bridgehead atoms. The van der Waals surface area contributed by atoms with E-state index in [1.807, 2.05) is 12.1 Å². The standard InChI is InChI=1S/C20H20GeN.Ir/c1-21(2,3)19-12-13-20(22-15-19)18-11-7-10-17(14-18)16-8-5-4-6-9-16;/h4-10,12-15H,1-3H3;/q-1;. The molecule has 0 N–H and O–H groups in total. The Hall–Kier alpha value is -1.22. The molecule has 0 aliphatic carbocycles. The summed E-state index contributed by atoms with van der Waals surface area (Å²) < 4.78 is 1.43. The Morgan fingerprint density at radius 3 is 2.22 bits per heavy atom. The summed E-state index contributed by atoms with van der Waals surface area (Å²) in [4.78, 5) is 4.67. The third kappa shape index (κ3) is 4.41. The normalized spacial score (nSPS) is 10.9. The Morgan fingerprint density at radius 2 is 1.61 bits per heavy atom. The minimum Gasteiger partial charge on any atom is 0 e. The summed E-state index contributed by atoms with van der Waals surface area (Å²) in [6.07, 6.45) is 2.05. The molecule has 0 saturated heterocycles. The van der Waals surface area contributed by atoms with Gasteiger partial charge in [0, 0.05) is 20.1 Å². The van der Waals surface area contributed by atoms with Crippen LogP contribution < -0.4 is 4.40 Å². The van der Waals surface area contributed by atoms with Crippen LogP contribution in [0.25, 0.3) is 22.4 Å². The van der Waals surface area contributed by atoms with E-state index in [1.165, 1.54) is 15.5 Å². The van der Waals surface area contributed by atoms with E-state index in [2.05, 4.69) is 83.0 Å². The molecule has 3 rings (SSSR count).